The summed E-state index contributed by atoms with van der Waals surface area (Å²) in [5.74, 6) is 0. The van der Waals surface area contributed by atoms with E-state index in [9.17, 15) is 4.79 Å². The summed E-state index contributed by atoms with van der Waals surface area (Å²) in [5, 5.41) is 10.2. The number of H-pyrrole nitrogens is 1. The average Bonchev–Trinajstić information content (AvgIpc) is 2.94. The van der Waals surface area contributed by atoms with E-state index in [4.69, 9.17) is 0 Å². The zero-order valence-electron chi connectivity index (χ0n) is 14.3. The van der Waals surface area contributed by atoms with Crippen LogP contribution in [0.5, 0.6) is 0 Å². The molecular weight excluding hydrogens is 290 g/mol. The summed E-state index contributed by atoms with van der Waals surface area (Å²) in [4.78, 5) is 18.4. The fourth-order valence-electron chi connectivity index (χ4n) is 2.38. The van der Waals surface area contributed by atoms with Gasteiger partial charge in [-0.15, -0.1) is 0 Å². The smallest absolute Gasteiger partial charge is 0.318 e. The van der Waals surface area contributed by atoms with Crippen molar-refractivity contribution >= 4 is 6.03 Å². The Morgan fingerprint density at radius 1 is 1.43 bits per heavy atom. The van der Waals surface area contributed by atoms with Gasteiger partial charge in [0.05, 0.1) is 29.7 Å². The fraction of sp³-hybridized carbons (Fsp3) is 0.471. The van der Waals surface area contributed by atoms with E-state index in [-0.39, 0.29) is 12.1 Å². The van der Waals surface area contributed by atoms with Crippen molar-refractivity contribution in [2.45, 2.75) is 46.2 Å². The van der Waals surface area contributed by atoms with Crippen LogP contribution < -0.4 is 5.32 Å². The molecule has 0 spiro atoms. The van der Waals surface area contributed by atoms with Gasteiger partial charge in [-0.3, -0.25) is 10.1 Å². The molecular formula is C17H25N5O. The normalized spacial score (nSPS) is 12.0. The number of aryl methyl sites for hydroxylation is 2. The van der Waals surface area contributed by atoms with E-state index in [2.05, 4.69) is 27.4 Å². The van der Waals surface area contributed by atoms with Gasteiger partial charge in [0.25, 0.3) is 0 Å². The Hall–Kier alpha value is -2.37. The zero-order valence-corrected chi connectivity index (χ0v) is 14.3. The molecule has 2 aromatic heterocycles. The third kappa shape index (κ3) is 4.81. The first-order chi connectivity index (χ1) is 11.0. The van der Waals surface area contributed by atoms with E-state index in [0.717, 1.165) is 35.6 Å². The molecule has 0 bridgehead atoms. The van der Waals surface area contributed by atoms with Crippen molar-refractivity contribution in [1.82, 2.24) is 25.4 Å². The number of hydrogen-bond acceptors (Lipinski definition) is 3. The molecule has 0 saturated carbocycles. The van der Waals surface area contributed by atoms with Gasteiger partial charge in [-0.05, 0) is 38.5 Å². The summed E-state index contributed by atoms with van der Waals surface area (Å²) in [5.41, 5.74) is 3.78. The van der Waals surface area contributed by atoms with Crippen molar-refractivity contribution in [2.24, 2.45) is 0 Å². The van der Waals surface area contributed by atoms with Crippen LogP contribution in [0, 0.1) is 6.92 Å². The van der Waals surface area contributed by atoms with Crippen LogP contribution in [0.2, 0.25) is 0 Å². The highest BCUT2D eigenvalue weighted by molar-refractivity contribution is 5.74. The van der Waals surface area contributed by atoms with Crippen LogP contribution in [0.4, 0.5) is 4.79 Å². The number of carbonyl (C=O) groups is 1. The third-order valence-electron chi connectivity index (χ3n) is 3.64. The highest BCUT2D eigenvalue weighted by Gasteiger charge is 2.15. The minimum Gasteiger partial charge on any atom is -0.330 e. The Morgan fingerprint density at radius 3 is 2.91 bits per heavy atom. The number of hydrogen-bond donors (Lipinski definition) is 2. The molecule has 6 heteroatoms. The van der Waals surface area contributed by atoms with Gasteiger partial charge in [0.2, 0.25) is 0 Å². The topological polar surface area (TPSA) is 73.9 Å². The number of aromatic amines is 1. The highest BCUT2D eigenvalue weighted by atomic mass is 16.2. The molecule has 1 unspecified atom stereocenters. The predicted octanol–water partition coefficient (Wildman–Crippen LogP) is 2.97. The maximum absolute atomic E-state index is 12.3. The SMILES string of the molecule is CCCc1cc(CN(C)C(=O)NC(C)c2cccc(C)n2)[nH]n1. The first-order valence-corrected chi connectivity index (χ1v) is 7.98. The minimum atomic E-state index is -0.137. The Labute approximate surface area is 137 Å². The monoisotopic (exact) mass is 315 g/mol. The molecule has 6 nitrogen and oxygen atoms in total. The van der Waals surface area contributed by atoms with E-state index >= 15 is 0 Å². The highest BCUT2D eigenvalue weighted by Crippen LogP contribution is 2.11. The maximum atomic E-state index is 12.3. The van der Waals surface area contributed by atoms with Gasteiger partial charge in [0, 0.05) is 12.7 Å². The zero-order chi connectivity index (χ0) is 16.8. The molecule has 0 aromatic carbocycles. The van der Waals surface area contributed by atoms with Crippen LogP contribution in [0.25, 0.3) is 0 Å². The van der Waals surface area contributed by atoms with E-state index in [1.165, 1.54) is 0 Å². The van der Waals surface area contributed by atoms with Crippen LogP contribution in [0.1, 0.15) is 49.1 Å². The van der Waals surface area contributed by atoms with E-state index in [1.54, 1.807) is 11.9 Å². The molecule has 2 heterocycles. The standard InChI is InChI=1S/C17H25N5O/c1-5-7-14-10-15(21-20-14)11-22(4)17(23)19-13(3)16-9-6-8-12(2)18-16/h6,8-10,13H,5,7,11H2,1-4H3,(H,19,23)(H,20,21). The average molecular weight is 315 g/mol. The fourth-order valence-corrected chi connectivity index (χ4v) is 2.38. The van der Waals surface area contributed by atoms with Crippen LogP contribution >= 0.6 is 0 Å². The summed E-state index contributed by atoms with van der Waals surface area (Å²) in [6.45, 7) is 6.49. The van der Waals surface area contributed by atoms with Gasteiger partial charge in [-0.25, -0.2) is 4.79 Å². The second-order valence-corrected chi connectivity index (χ2v) is 5.87. The molecule has 0 aliphatic heterocycles. The molecule has 124 valence electrons. The van der Waals surface area contributed by atoms with Crippen LogP contribution in [0.15, 0.2) is 24.3 Å². The summed E-state index contributed by atoms with van der Waals surface area (Å²) < 4.78 is 0. The van der Waals surface area contributed by atoms with Crippen molar-refractivity contribution in [2.75, 3.05) is 7.05 Å². The van der Waals surface area contributed by atoms with Crippen LogP contribution in [-0.2, 0) is 13.0 Å². The van der Waals surface area contributed by atoms with Gasteiger partial charge in [-0.1, -0.05) is 19.4 Å². The lowest BCUT2D eigenvalue weighted by molar-refractivity contribution is 0.203. The number of carbonyl (C=O) groups excluding carboxylic acids is 1. The van der Waals surface area contributed by atoms with Crippen molar-refractivity contribution in [3.63, 3.8) is 0 Å². The Morgan fingerprint density at radius 2 is 2.22 bits per heavy atom. The predicted molar refractivity (Wildman–Crippen MR) is 90.0 cm³/mol. The minimum absolute atomic E-state index is 0.132. The Bertz CT molecular complexity index is 652. The van der Waals surface area contributed by atoms with E-state index in [0.29, 0.717) is 6.54 Å². The number of rotatable bonds is 6. The number of pyridine rings is 1. The summed E-state index contributed by atoms with van der Waals surface area (Å²) >= 11 is 0. The molecule has 0 aliphatic rings. The first-order valence-electron chi connectivity index (χ1n) is 7.98. The van der Waals surface area contributed by atoms with E-state index < -0.39 is 0 Å². The maximum Gasteiger partial charge on any atom is 0.318 e. The van der Waals surface area contributed by atoms with Gasteiger partial charge >= 0.3 is 6.03 Å². The summed E-state index contributed by atoms with van der Waals surface area (Å²) in [6.07, 6.45) is 2.00. The molecule has 2 N–H and O–H groups in total. The van der Waals surface area contributed by atoms with Gasteiger partial charge in [0.15, 0.2) is 0 Å². The van der Waals surface area contributed by atoms with E-state index in [1.807, 2.05) is 38.1 Å². The Balaban J connectivity index is 1.91. The largest absolute Gasteiger partial charge is 0.330 e. The number of nitrogens with zero attached hydrogens (tertiary/aromatic N) is 3. The summed E-state index contributed by atoms with van der Waals surface area (Å²) in [7, 11) is 1.77. The molecule has 23 heavy (non-hydrogen) atoms. The third-order valence-corrected chi connectivity index (χ3v) is 3.64. The van der Waals surface area contributed by atoms with Gasteiger partial charge < -0.3 is 10.2 Å². The van der Waals surface area contributed by atoms with Crippen LogP contribution in [-0.4, -0.2) is 33.2 Å². The molecule has 1 atom stereocenters. The lowest BCUT2D eigenvalue weighted by Crippen LogP contribution is -2.38. The lowest BCUT2D eigenvalue weighted by atomic mass is 10.2. The van der Waals surface area contributed by atoms with Crippen molar-refractivity contribution in [3.8, 4) is 0 Å². The molecule has 2 rings (SSSR count). The second kappa shape index (κ2) is 7.76. The quantitative estimate of drug-likeness (QED) is 0.860. The number of nitrogens with one attached hydrogen (secondary N) is 2. The first kappa shape index (κ1) is 17.0. The second-order valence-electron chi connectivity index (χ2n) is 5.87. The van der Waals surface area contributed by atoms with Crippen LogP contribution in [0.3, 0.4) is 0 Å². The molecule has 0 fully saturated rings. The molecule has 0 radical (unpaired) electrons. The number of urea groups is 1. The van der Waals surface area contributed by atoms with Gasteiger partial charge in [-0.2, -0.15) is 5.10 Å². The summed E-state index contributed by atoms with van der Waals surface area (Å²) in [6, 6.07) is 7.55. The molecule has 0 aliphatic carbocycles. The lowest BCUT2D eigenvalue weighted by Gasteiger charge is -2.20. The van der Waals surface area contributed by atoms with Gasteiger partial charge in [0.1, 0.15) is 0 Å². The molecule has 2 aromatic rings. The number of amides is 2. The van der Waals surface area contributed by atoms with Crippen molar-refractivity contribution in [1.29, 1.82) is 0 Å². The molecule has 2 amide bonds. The van der Waals surface area contributed by atoms with Crippen molar-refractivity contribution < 1.29 is 4.79 Å². The molecule has 0 saturated heterocycles. The Kier molecular flexibility index (Phi) is 5.73. The number of aromatic nitrogens is 3. The van der Waals surface area contributed by atoms with Crippen molar-refractivity contribution in [3.05, 3.63) is 47.0 Å².